The number of carboxylic acid groups (broad SMARTS) is 1. The third kappa shape index (κ3) is 2.37. The Kier molecular flexibility index (Phi) is 3.13. The summed E-state index contributed by atoms with van der Waals surface area (Å²) in [6.07, 6.45) is -4.82. The molecule has 1 aromatic rings. The van der Waals surface area contributed by atoms with Crippen LogP contribution in [-0.4, -0.2) is 5.97 Å². The maximum absolute atomic E-state index is 13.1. The molecular formula is C10H6F5O2-. The van der Waals surface area contributed by atoms with E-state index < -0.39 is 34.8 Å². The fourth-order valence-corrected chi connectivity index (χ4v) is 1.39. The summed E-state index contributed by atoms with van der Waals surface area (Å²) in [4.78, 5) is 10.2. The Bertz CT molecular complexity index is 450. The van der Waals surface area contributed by atoms with Crippen molar-refractivity contribution in [3.63, 3.8) is 0 Å². The van der Waals surface area contributed by atoms with Crippen molar-refractivity contribution in [3.8, 4) is 0 Å². The molecule has 0 radical (unpaired) electrons. The van der Waals surface area contributed by atoms with E-state index in [0.717, 1.165) is 13.0 Å². The van der Waals surface area contributed by atoms with Gasteiger partial charge in [-0.2, -0.15) is 22.0 Å². The topological polar surface area (TPSA) is 40.1 Å². The second-order valence-corrected chi connectivity index (χ2v) is 3.34. The van der Waals surface area contributed by atoms with Crippen LogP contribution in [0.4, 0.5) is 22.0 Å². The van der Waals surface area contributed by atoms with Crippen molar-refractivity contribution in [2.45, 2.75) is 19.0 Å². The highest BCUT2D eigenvalue weighted by Gasteiger charge is 2.39. The number of rotatable bonds is 2. The lowest BCUT2D eigenvalue weighted by Crippen LogP contribution is -2.40. The number of hydrogen-bond donors (Lipinski definition) is 0. The van der Waals surface area contributed by atoms with Gasteiger partial charge in [0.25, 0.3) is 0 Å². The van der Waals surface area contributed by atoms with E-state index in [1.807, 2.05) is 0 Å². The van der Waals surface area contributed by atoms with Crippen LogP contribution in [0, 0.1) is 6.92 Å². The molecule has 0 spiro atoms. The predicted octanol–water partition coefficient (Wildman–Crippen LogP) is 1.86. The Balaban J connectivity index is 3.44. The number of carbonyl (C=O) groups is 1. The summed E-state index contributed by atoms with van der Waals surface area (Å²) in [6.45, 7) is 0.787. The van der Waals surface area contributed by atoms with Gasteiger partial charge in [0.05, 0.1) is 5.56 Å². The quantitative estimate of drug-likeness (QED) is 0.755. The van der Waals surface area contributed by atoms with Crippen LogP contribution in [0.3, 0.4) is 0 Å². The molecule has 0 N–H and O–H groups in total. The average Bonchev–Trinajstić information content (AvgIpc) is 2.15. The molecule has 0 atom stereocenters. The number of carbonyl (C=O) groups excluding carboxylic acids is 1. The van der Waals surface area contributed by atoms with Crippen molar-refractivity contribution in [2.24, 2.45) is 0 Å². The van der Waals surface area contributed by atoms with Crippen molar-refractivity contribution in [1.29, 1.82) is 0 Å². The molecule has 2 nitrogen and oxygen atoms in total. The van der Waals surface area contributed by atoms with Gasteiger partial charge in [-0.1, -0.05) is 12.1 Å². The normalized spacial score (nSPS) is 12.6. The fraction of sp³-hybridized carbons (Fsp3) is 0.300. The molecule has 0 aromatic heterocycles. The summed E-state index contributed by atoms with van der Waals surface area (Å²) in [6, 6.07) is 1.95. The summed E-state index contributed by atoms with van der Waals surface area (Å²) in [5, 5.41) is 10.2. The van der Waals surface area contributed by atoms with Gasteiger partial charge in [-0.25, -0.2) is 0 Å². The summed E-state index contributed by atoms with van der Waals surface area (Å²) >= 11 is 0. The lowest BCUT2D eigenvalue weighted by atomic mass is 9.97. The van der Waals surface area contributed by atoms with Crippen molar-refractivity contribution < 1.29 is 31.9 Å². The molecule has 0 amide bonds. The van der Waals surface area contributed by atoms with E-state index in [4.69, 9.17) is 0 Å². The van der Waals surface area contributed by atoms with E-state index in [1.54, 1.807) is 0 Å². The molecule has 0 aliphatic carbocycles. The summed E-state index contributed by atoms with van der Waals surface area (Å²) in [7, 11) is 0. The second-order valence-electron chi connectivity index (χ2n) is 3.34. The first-order valence-corrected chi connectivity index (χ1v) is 4.35. The highest BCUT2D eigenvalue weighted by Crippen LogP contribution is 2.37. The summed E-state index contributed by atoms with van der Waals surface area (Å²) < 4.78 is 63.4. The maximum Gasteiger partial charge on any atom is 0.416 e. The van der Waals surface area contributed by atoms with E-state index >= 15 is 0 Å². The van der Waals surface area contributed by atoms with Crippen molar-refractivity contribution in [1.82, 2.24) is 0 Å². The molecule has 94 valence electrons. The first kappa shape index (κ1) is 13.4. The molecule has 17 heavy (non-hydrogen) atoms. The van der Waals surface area contributed by atoms with Crippen LogP contribution in [-0.2, 0) is 16.9 Å². The van der Waals surface area contributed by atoms with Crippen LogP contribution >= 0.6 is 0 Å². The molecule has 1 aromatic carbocycles. The minimum Gasteiger partial charge on any atom is -0.544 e. The average molecular weight is 253 g/mol. The minimum absolute atomic E-state index is 0.601. The molecule has 7 heteroatoms. The first-order valence-electron chi connectivity index (χ1n) is 4.35. The van der Waals surface area contributed by atoms with Gasteiger partial charge in [-0.3, -0.25) is 0 Å². The van der Waals surface area contributed by atoms with Crippen LogP contribution < -0.4 is 5.11 Å². The summed E-state index contributed by atoms with van der Waals surface area (Å²) in [5.41, 5.74) is -3.34. The third-order valence-corrected chi connectivity index (χ3v) is 2.23. The lowest BCUT2D eigenvalue weighted by Gasteiger charge is -2.21. The van der Waals surface area contributed by atoms with Gasteiger partial charge >= 0.3 is 12.1 Å². The summed E-state index contributed by atoms with van der Waals surface area (Å²) in [5.74, 6) is -7.19. The Hall–Kier alpha value is -1.66. The van der Waals surface area contributed by atoms with Crippen LogP contribution in [0.5, 0.6) is 0 Å². The van der Waals surface area contributed by atoms with E-state index in [2.05, 4.69) is 0 Å². The number of benzene rings is 1. The largest absolute Gasteiger partial charge is 0.544 e. The highest BCUT2D eigenvalue weighted by molar-refractivity contribution is 5.76. The van der Waals surface area contributed by atoms with Crippen LogP contribution in [0.2, 0.25) is 0 Å². The van der Waals surface area contributed by atoms with Crippen LogP contribution in [0.25, 0.3) is 0 Å². The number of hydrogen-bond acceptors (Lipinski definition) is 2. The molecule has 0 bridgehead atoms. The lowest BCUT2D eigenvalue weighted by molar-refractivity contribution is -0.331. The third-order valence-electron chi connectivity index (χ3n) is 2.23. The van der Waals surface area contributed by atoms with Crippen LogP contribution in [0.15, 0.2) is 18.2 Å². The van der Waals surface area contributed by atoms with E-state index in [0.29, 0.717) is 12.1 Å². The fourth-order valence-electron chi connectivity index (χ4n) is 1.39. The zero-order valence-corrected chi connectivity index (χ0v) is 8.44. The number of aliphatic carboxylic acids is 1. The molecule has 0 heterocycles. The number of carboxylic acids is 1. The standard InChI is InChI=1S/C10H7F5O2/c1-5-6(9(11,12)8(16)17)3-2-4-7(5)10(13,14)15/h2-4H,1H3,(H,16,17)/p-1. The SMILES string of the molecule is Cc1c(C(F)(F)F)cccc1C(F)(F)C(=O)[O-]. The monoisotopic (exact) mass is 253 g/mol. The number of alkyl halides is 5. The Morgan fingerprint density at radius 3 is 2.00 bits per heavy atom. The Morgan fingerprint density at radius 1 is 1.12 bits per heavy atom. The molecule has 0 aliphatic rings. The Morgan fingerprint density at radius 2 is 1.59 bits per heavy atom. The Labute approximate surface area is 92.7 Å². The van der Waals surface area contributed by atoms with Gasteiger partial charge < -0.3 is 9.90 Å². The van der Waals surface area contributed by atoms with Gasteiger partial charge in [-0.15, -0.1) is 0 Å². The molecule has 0 unspecified atom stereocenters. The van der Waals surface area contributed by atoms with Gasteiger partial charge in [0, 0.05) is 5.56 Å². The van der Waals surface area contributed by atoms with Gasteiger partial charge in [0.1, 0.15) is 5.97 Å². The smallest absolute Gasteiger partial charge is 0.416 e. The highest BCUT2D eigenvalue weighted by atomic mass is 19.4. The molecular weight excluding hydrogens is 247 g/mol. The maximum atomic E-state index is 13.1. The van der Waals surface area contributed by atoms with E-state index in [-0.39, 0.29) is 0 Å². The zero-order valence-electron chi connectivity index (χ0n) is 8.44. The zero-order chi connectivity index (χ0) is 13.4. The van der Waals surface area contributed by atoms with Gasteiger partial charge in [0.15, 0.2) is 0 Å². The first-order chi connectivity index (χ1) is 7.58. The van der Waals surface area contributed by atoms with E-state index in [9.17, 15) is 31.9 Å². The molecule has 0 fully saturated rings. The molecule has 1 rings (SSSR count). The van der Waals surface area contributed by atoms with Gasteiger partial charge in [0.2, 0.25) is 0 Å². The predicted molar refractivity (Wildman–Crippen MR) is 45.1 cm³/mol. The van der Waals surface area contributed by atoms with E-state index in [1.165, 1.54) is 0 Å². The molecule has 0 aliphatic heterocycles. The minimum atomic E-state index is -4.82. The molecule has 0 saturated carbocycles. The molecule has 0 saturated heterocycles. The van der Waals surface area contributed by atoms with Crippen molar-refractivity contribution >= 4 is 5.97 Å². The second kappa shape index (κ2) is 3.97. The van der Waals surface area contributed by atoms with Crippen LogP contribution in [0.1, 0.15) is 16.7 Å². The van der Waals surface area contributed by atoms with Crippen molar-refractivity contribution in [3.05, 3.63) is 34.9 Å². The van der Waals surface area contributed by atoms with Crippen molar-refractivity contribution in [2.75, 3.05) is 0 Å². The number of halogens is 5. The van der Waals surface area contributed by atoms with Gasteiger partial charge in [-0.05, 0) is 18.6 Å².